The van der Waals surface area contributed by atoms with E-state index in [9.17, 15) is 17.2 Å². The van der Waals surface area contributed by atoms with E-state index in [0.29, 0.717) is 25.5 Å². The van der Waals surface area contributed by atoms with E-state index in [0.717, 1.165) is 29.1 Å². The summed E-state index contributed by atoms with van der Waals surface area (Å²) in [7, 11) is -2.04. The molecule has 3 heterocycles. The van der Waals surface area contributed by atoms with Crippen LogP contribution in [0.5, 0.6) is 0 Å². The SMILES string of the molecule is Cn1c(CC2CCN(S(=O)(=O)c3cc(F)cc(F)c3)C2)nc2cccnc21. The highest BCUT2D eigenvalue weighted by atomic mass is 32.2. The smallest absolute Gasteiger partial charge is 0.243 e. The number of benzene rings is 1. The number of halogens is 2. The van der Waals surface area contributed by atoms with Gasteiger partial charge >= 0.3 is 0 Å². The fourth-order valence-corrected chi connectivity index (χ4v) is 5.09. The molecule has 0 bridgehead atoms. The Morgan fingerprint density at radius 1 is 1.22 bits per heavy atom. The van der Waals surface area contributed by atoms with Crippen molar-refractivity contribution in [3.05, 3.63) is 54.0 Å². The number of rotatable bonds is 4. The molecule has 1 aliphatic heterocycles. The van der Waals surface area contributed by atoms with Gasteiger partial charge in [0.15, 0.2) is 5.65 Å². The van der Waals surface area contributed by atoms with Gasteiger partial charge in [-0.05, 0) is 36.6 Å². The average molecular weight is 392 g/mol. The first-order valence-corrected chi connectivity index (χ1v) is 10.0. The molecule has 6 nitrogen and oxygen atoms in total. The Hall–Kier alpha value is -2.39. The summed E-state index contributed by atoms with van der Waals surface area (Å²) in [4.78, 5) is 8.53. The second-order valence-corrected chi connectivity index (χ2v) is 8.70. The van der Waals surface area contributed by atoms with Gasteiger partial charge in [-0.1, -0.05) is 0 Å². The summed E-state index contributed by atoms with van der Waals surface area (Å²) < 4.78 is 55.4. The van der Waals surface area contributed by atoms with E-state index in [-0.39, 0.29) is 17.4 Å². The normalized spacial score (nSPS) is 18.4. The maximum Gasteiger partial charge on any atom is 0.243 e. The van der Waals surface area contributed by atoms with Crippen molar-refractivity contribution in [1.82, 2.24) is 18.8 Å². The van der Waals surface area contributed by atoms with Gasteiger partial charge in [0.2, 0.25) is 10.0 Å². The number of sulfonamides is 1. The van der Waals surface area contributed by atoms with Crippen LogP contribution in [0.3, 0.4) is 0 Å². The molecule has 1 atom stereocenters. The highest BCUT2D eigenvalue weighted by Crippen LogP contribution is 2.27. The summed E-state index contributed by atoms with van der Waals surface area (Å²) in [6.07, 6.45) is 2.97. The van der Waals surface area contributed by atoms with Crippen molar-refractivity contribution in [2.24, 2.45) is 13.0 Å². The van der Waals surface area contributed by atoms with Gasteiger partial charge in [0.05, 0.1) is 4.90 Å². The highest BCUT2D eigenvalue weighted by Gasteiger charge is 2.33. The number of hydrogen-bond donors (Lipinski definition) is 0. The second kappa shape index (κ2) is 6.65. The van der Waals surface area contributed by atoms with Crippen molar-refractivity contribution < 1.29 is 17.2 Å². The Morgan fingerprint density at radius 3 is 2.67 bits per heavy atom. The lowest BCUT2D eigenvalue weighted by molar-refractivity contribution is 0.450. The maximum absolute atomic E-state index is 13.4. The summed E-state index contributed by atoms with van der Waals surface area (Å²) >= 11 is 0. The minimum absolute atomic E-state index is 0.0775. The number of nitrogens with zero attached hydrogens (tertiary/aromatic N) is 4. The molecule has 142 valence electrons. The van der Waals surface area contributed by atoms with Crippen LogP contribution in [0.2, 0.25) is 0 Å². The van der Waals surface area contributed by atoms with Gasteiger partial charge in [-0.25, -0.2) is 27.2 Å². The van der Waals surface area contributed by atoms with E-state index >= 15 is 0 Å². The number of aromatic nitrogens is 3. The van der Waals surface area contributed by atoms with Crippen molar-refractivity contribution in [2.45, 2.75) is 17.7 Å². The standard InChI is InChI=1S/C18H18F2N4O2S/c1-23-17(22-16-3-2-5-21-18(16)23)7-12-4-6-24(11-12)27(25,26)15-9-13(19)8-14(20)10-15/h2-3,5,8-10,12H,4,6-7,11H2,1H3. The van der Waals surface area contributed by atoms with Gasteiger partial charge in [-0.15, -0.1) is 0 Å². The highest BCUT2D eigenvalue weighted by molar-refractivity contribution is 7.89. The maximum atomic E-state index is 13.4. The van der Waals surface area contributed by atoms with Gasteiger partial charge in [0.25, 0.3) is 0 Å². The van der Waals surface area contributed by atoms with E-state index in [1.54, 1.807) is 6.20 Å². The van der Waals surface area contributed by atoms with Crippen molar-refractivity contribution in [3.63, 3.8) is 0 Å². The number of hydrogen-bond acceptors (Lipinski definition) is 4. The molecule has 1 unspecified atom stereocenters. The molecule has 0 amide bonds. The van der Waals surface area contributed by atoms with E-state index in [2.05, 4.69) is 9.97 Å². The quantitative estimate of drug-likeness (QED) is 0.684. The van der Waals surface area contributed by atoms with Crippen molar-refractivity contribution in [3.8, 4) is 0 Å². The monoisotopic (exact) mass is 392 g/mol. The van der Waals surface area contributed by atoms with Gasteiger partial charge in [0.1, 0.15) is 23.0 Å². The number of imidazole rings is 1. The molecule has 1 fully saturated rings. The molecule has 0 saturated carbocycles. The molecule has 2 aromatic heterocycles. The molecule has 3 aromatic rings. The third-order valence-corrected chi connectivity index (χ3v) is 6.76. The molecule has 27 heavy (non-hydrogen) atoms. The van der Waals surface area contributed by atoms with Crippen LogP contribution in [0.25, 0.3) is 11.2 Å². The minimum Gasteiger partial charge on any atom is -0.316 e. The lowest BCUT2D eigenvalue weighted by Crippen LogP contribution is -2.29. The first-order chi connectivity index (χ1) is 12.8. The molecule has 4 rings (SSSR count). The van der Waals surface area contributed by atoms with Crippen LogP contribution in [0.4, 0.5) is 8.78 Å². The van der Waals surface area contributed by atoms with Crippen LogP contribution in [0, 0.1) is 17.6 Å². The molecule has 1 aromatic carbocycles. The third-order valence-electron chi connectivity index (χ3n) is 4.91. The molecule has 1 saturated heterocycles. The minimum atomic E-state index is -3.93. The Bertz CT molecular complexity index is 1090. The Balaban J connectivity index is 1.53. The Morgan fingerprint density at radius 2 is 1.96 bits per heavy atom. The summed E-state index contributed by atoms with van der Waals surface area (Å²) in [5.74, 6) is -0.897. The summed E-state index contributed by atoms with van der Waals surface area (Å²) in [6.45, 7) is 0.602. The predicted molar refractivity (Wildman–Crippen MR) is 95.4 cm³/mol. The molecule has 0 N–H and O–H groups in total. The van der Waals surface area contributed by atoms with Crippen LogP contribution in [0.15, 0.2) is 41.4 Å². The molecule has 0 aliphatic carbocycles. The summed E-state index contributed by atoms with van der Waals surface area (Å²) in [6, 6.07) is 6.06. The zero-order chi connectivity index (χ0) is 19.2. The zero-order valence-corrected chi connectivity index (χ0v) is 15.5. The molecular formula is C18H18F2N4O2S. The van der Waals surface area contributed by atoms with Crippen molar-refractivity contribution in [2.75, 3.05) is 13.1 Å². The van der Waals surface area contributed by atoms with Crippen LogP contribution in [-0.4, -0.2) is 40.3 Å². The number of pyridine rings is 1. The first-order valence-electron chi connectivity index (χ1n) is 8.57. The Kier molecular flexibility index (Phi) is 4.43. The van der Waals surface area contributed by atoms with E-state index in [1.807, 2.05) is 23.7 Å². The zero-order valence-electron chi connectivity index (χ0n) is 14.6. The van der Waals surface area contributed by atoms with Gasteiger partial charge in [0, 0.05) is 38.8 Å². The van der Waals surface area contributed by atoms with Gasteiger partial charge in [-0.2, -0.15) is 4.31 Å². The van der Waals surface area contributed by atoms with Crippen LogP contribution in [-0.2, 0) is 23.5 Å². The number of aryl methyl sites for hydroxylation is 1. The average Bonchev–Trinajstić information content (AvgIpc) is 3.21. The molecule has 9 heteroatoms. The van der Waals surface area contributed by atoms with Crippen LogP contribution < -0.4 is 0 Å². The number of fused-ring (bicyclic) bond motifs is 1. The summed E-state index contributed by atoms with van der Waals surface area (Å²) in [5, 5.41) is 0. The van der Waals surface area contributed by atoms with Crippen LogP contribution in [0.1, 0.15) is 12.2 Å². The first kappa shape index (κ1) is 18.0. The third kappa shape index (κ3) is 3.32. The van der Waals surface area contributed by atoms with E-state index < -0.39 is 21.7 Å². The van der Waals surface area contributed by atoms with Crippen molar-refractivity contribution >= 4 is 21.2 Å². The molecule has 0 radical (unpaired) electrons. The second-order valence-electron chi connectivity index (χ2n) is 6.76. The molecular weight excluding hydrogens is 374 g/mol. The fraction of sp³-hybridized carbons (Fsp3) is 0.333. The topological polar surface area (TPSA) is 68.1 Å². The summed E-state index contributed by atoms with van der Waals surface area (Å²) in [5.41, 5.74) is 1.58. The lowest BCUT2D eigenvalue weighted by atomic mass is 10.1. The lowest BCUT2D eigenvalue weighted by Gasteiger charge is -2.17. The van der Waals surface area contributed by atoms with Gasteiger partial charge in [-0.3, -0.25) is 0 Å². The largest absolute Gasteiger partial charge is 0.316 e. The van der Waals surface area contributed by atoms with E-state index in [1.165, 1.54) is 4.31 Å². The van der Waals surface area contributed by atoms with E-state index in [4.69, 9.17) is 0 Å². The molecule has 1 aliphatic rings. The Labute approximate surface area is 155 Å². The van der Waals surface area contributed by atoms with Crippen LogP contribution >= 0.6 is 0 Å². The predicted octanol–water partition coefficient (Wildman–Crippen LogP) is 2.50. The van der Waals surface area contributed by atoms with Crippen molar-refractivity contribution in [1.29, 1.82) is 0 Å². The van der Waals surface area contributed by atoms with Gasteiger partial charge < -0.3 is 4.57 Å². The molecule has 0 spiro atoms. The fourth-order valence-electron chi connectivity index (χ4n) is 3.52.